The van der Waals surface area contributed by atoms with Gasteiger partial charge in [-0.15, -0.1) is 0 Å². The van der Waals surface area contributed by atoms with Gasteiger partial charge in [-0.1, -0.05) is 12.1 Å². The molecule has 0 saturated carbocycles. The topological polar surface area (TPSA) is 86.0 Å². The monoisotopic (exact) mass is 392 g/mol. The summed E-state index contributed by atoms with van der Waals surface area (Å²) in [6.45, 7) is 3.70. The number of esters is 1. The molecule has 0 fully saturated rings. The summed E-state index contributed by atoms with van der Waals surface area (Å²) < 4.78 is 17.0. The van der Waals surface area contributed by atoms with Crippen LogP contribution in [0.3, 0.4) is 0 Å². The van der Waals surface area contributed by atoms with E-state index >= 15 is 0 Å². The predicted molar refractivity (Wildman–Crippen MR) is 108 cm³/mol. The average molecular weight is 392 g/mol. The third-order valence-corrected chi connectivity index (χ3v) is 4.92. The molecule has 3 aromatic rings. The molecular weight excluding hydrogens is 372 g/mol. The van der Waals surface area contributed by atoms with Crippen LogP contribution in [-0.4, -0.2) is 22.8 Å². The van der Waals surface area contributed by atoms with Crippen molar-refractivity contribution in [2.45, 2.75) is 32.0 Å². The summed E-state index contributed by atoms with van der Waals surface area (Å²) in [5.41, 5.74) is 0.944. The van der Waals surface area contributed by atoms with Crippen LogP contribution in [0.1, 0.15) is 25.0 Å². The van der Waals surface area contributed by atoms with Crippen molar-refractivity contribution < 1.29 is 23.8 Å². The molecule has 1 aliphatic rings. The lowest BCUT2D eigenvalue weighted by molar-refractivity contribution is -0.155. The van der Waals surface area contributed by atoms with Gasteiger partial charge in [-0.05, 0) is 55.3 Å². The molecule has 0 amide bonds. The van der Waals surface area contributed by atoms with E-state index in [0.717, 1.165) is 16.5 Å². The number of ether oxygens (including phenoxy) is 2. The number of phenols is 1. The average Bonchev–Trinajstić information content (AvgIpc) is 2.66. The number of hydrogen-bond donors (Lipinski definition) is 1. The summed E-state index contributed by atoms with van der Waals surface area (Å²) in [7, 11) is 0. The van der Waals surface area contributed by atoms with Gasteiger partial charge in [0, 0.05) is 30.0 Å². The number of phenolic OH excluding ortho intramolecular Hbond substituents is 1. The Kier molecular flexibility index (Phi) is 4.62. The van der Waals surface area contributed by atoms with Crippen molar-refractivity contribution in [3.8, 4) is 11.5 Å². The Morgan fingerprint density at radius 3 is 2.69 bits per heavy atom. The van der Waals surface area contributed by atoms with Crippen molar-refractivity contribution in [3.63, 3.8) is 0 Å². The fourth-order valence-electron chi connectivity index (χ4n) is 3.31. The van der Waals surface area contributed by atoms with Crippen LogP contribution in [0.15, 0.2) is 63.8 Å². The molecule has 2 aromatic carbocycles. The second kappa shape index (κ2) is 7.13. The zero-order chi connectivity index (χ0) is 20.6. The normalized spacial score (nSPS) is 17.7. The van der Waals surface area contributed by atoms with E-state index in [2.05, 4.69) is 0 Å². The van der Waals surface area contributed by atoms with E-state index in [1.54, 1.807) is 42.5 Å². The van der Waals surface area contributed by atoms with Gasteiger partial charge in [0.25, 0.3) is 0 Å². The van der Waals surface area contributed by atoms with Crippen LogP contribution >= 0.6 is 0 Å². The van der Waals surface area contributed by atoms with Gasteiger partial charge in [0.1, 0.15) is 28.8 Å². The number of carbonyl (C=O) groups excluding carboxylic acids is 1. The van der Waals surface area contributed by atoms with E-state index in [0.29, 0.717) is 17.8 Å². The minimum Gasteiger partial charge on any atom is -0.508 e. The summed E-state index contributed by atoms with van der Waals surface area (Å²) >= 11 is 0. The molecule has 6 heteroatoms. The van der Waals surface area contributed by atoms with Crippen LogP contribution in [0.25, 0.3) is 17.0 Å². The van der Waals surface area contributed by atoms with Crippen molar-refractivity contribution >= 4 is 23.0 Å². The van der Waals surface area contributed by atoms with E-state index in [1.165, 1.54) is 12.1 Å². The molecule has 0 unspecified atom stereocenters. The van der Waals surface area contributed by atoms with Gasteiger partial charge in [0.2, 0.25) is 0 Å². The lowest BCUT2D eigenvalue weighted by atomic mass is 9.90. The quantitative estimate of drug-likeness (QED) is 0.414. The highest BCUT2D eigenvalue weighted by molar-refractivity contribution is 5.87. The van der Waals surface area contributed by atoms with Gasteiger partial charge in [-0.3, -0.25) is 0 Å². The largest absolute Gasteiger partial charge is 0.508 e. The van der Waals surface area contributed by atoms with Gasteiger partial charge in [0.15, 0.2) is 0 Å². The number of aromatic hydroxyl groups is 1. The highest BCUT2D eigenvalue weighted by Gasteiger charge is 2.39. The number of hydrogen-bond acceptors (Lipinski definition) is 6. The maximum atomic E-state index is 12.3. The van der Waals surface area contributed by atoms with E-state index < -0.39 is 23.3 Å². The Bertz CT molecular complexity index is 1150. The van der Waals surface area contributed by atoms with Crippen molar-refractivity contribution in [2.24, 2.45) is 0 Å². The summed E-state index contributed by atoms with van der Waals surface area (Å²) in [4.78, 5) is 23.8. The van der Waals surface area contributed by atoms with Crippen LogP contribution in [0.5, 0.6) is 11.5 Å². The first-order valence-electron chi connectivity index (χ1n) is 9.24. The van der Waals surface area contributed by atoms with Crippen molar-refractivity contribution in [3.05, 3.63) is 76.2 Å². The van der Waals surface area contributed by atoms with Crippen molar-refractivity contribution in [1.82, 2.24) is 0 Å². The fourth-order valence-corrected chi connectivity index (χ4v) is 3.31. The molecule has 0 aliphatic carbocycles. The summed E-state index contributed by atoms with van der Waals surface area (Å²) in [6.07, 6.45) is 2.98. The predicted octanol–water partition coefficient (Wildman–Crippen LogP) is 3.84. The molecule has 1 aliphatic heterocycles. The van der Waals surface area contributed by atoms with E-state index in [-0.39, 0.29) is 5.75 Å². The minimum atomic E-state index is -0.752. The second-order valence-electron chi connectivity index (χ2n) is 7.51. The Morgan fingerprint density at radius 2 is 1.93 bits per heavy atom. The number of benzene rings is 2. The van der Waals surface area contributed by atoms with Crippen LogP contribution in [-0.2, 0) is 16.0 Å². The van der Waals surface area contributed by atoms with Gasteiger partial charge in [0.05, 0.1) is 0 Å². The standard InChI is InChI=1S/C23H20O6/c1-23(2)20(28-22(26)9-5-14-3-7-17(24)8-4-14)12-16-11-15-6-10-21(25)27-18(15)13-19(16)29-23/h3-11,13,20,24H,12H2,1-2H3/b9-5+/t20-/m0/s1. The van der Waals surface area contributed by atoms with Crippen LogP contribution in [0.4, 0.5) is 0 Å². The zero-order valence-electron chi connectivity index (χ0n) is 16.0. The Morgan fingerprint density at radius 1 is 1.17 bits per heavy atom. The molecule has 0 saturated heterocycles. The van der Waals surface area contributed by atoms with Gasteiger partial charge < -0.3 is 19.0 Å². The number of carbonyl (C=O) groups is 1. The molecule has 2 heterocycles. The summed E-state index contributed by atoms with van der Waals surface area (Å²) in [6, 6.07) is 13.2. The molecule has 0 spiro atoms. The van der Waals surface area contributed by atoms with Crippen LogP contribution in [0, 0.1) is 0 Å². The smallest absolute Gasteiger partial charge is 0.336 e. The number of rotatable bonds is 3. The molecule has 1 aromatic heterocycles. The third-order valence-electron chi connectivity index (χ3n) is 4.92. The lowest BCUT2D eigenvalue weighted by Crippen LogP contribution is -2.48. The molecule has 1 N–H and O–H groups in total. The van der Waals surface area contributed by atoms with E-state index in [1.807, 2.05) is 19.9 Å². The Balaban J connectivity index is 1.54. The molecule has 0 radical (unpaired) electrons. The van der Waals surface area contributed by atoms with Crippen molar-refractivity contribution in [1.29, 1.82) is 0 Å². The molecular formula is C23H20O6. The van der Waals surface area contributed by atoms with E-state index in [9.17, 15) is 14.7 Å². The summed E-state index contributed by atoms with van der Waals surface area (Å²) in [5.74, 6) is 0.301. The molecule has 29 heavy (non-hydrogen) atoms. The SMILES string of the molecule is CC1(C)Oc2cc3oc(=O)ccc3cc2C[C@@H]1OC(=O)/C=C/c1ccc(O)cc1. The molecule has 6 nitrogen and oxygen atoms in total. The van der Waals surface area contributed by atoms with Crippen molar-refractivity contribution in [2.75, 3.05) is 0 Å². The maximum Gasteiger partial charge on any atom is 0.336 e. The molecule has 4 rings (SSSR count). The van der Waals surface area contributed by atoms with Crippen LogP contribution < -0.4 is 10.4 Å². The highest BCUT2D eigenvalue weighted by atomic mass is 16.6. The third kappa shape index (κ3) is 4.01. The molecule has 148 valence electrons. The second-order valence-corrected chi connectivity index (χ2v) is 7.51. The maximum absolute atomic E-state index is 12.3. The lowest BCUT2D eigenvalue weighted by Gasteiger charge is -2.39. The van der Waals surface area contributed by atoms with E-state index in [4.69, 9.17) is 13.9 Å². The van der Waals surface area contributed by atoms with Gasteiger partial charge in [-0.2, -0.15) is 0 Å². The molecule has 0 bridgehead atoms. The van der Waals surface area contributed by atoms with Gasteiger partial charge >= 0.3 is 11.6 Å². The zero-order valence-corrected chi connectivity index (χ0v) is 16.0. The van der Waals surface area contributed by atoms with Crippen LogP contribution in [0.2, 0.25) is 0 Å². The first-order chi connectivity index (χ1) is 13.8. The first-order valence-corrected chi connectivity index (χ1v) is 9.24. The minimum absolute atomic E-state index is 0.163. The van der Waals surface area contributed by atoms with Gasteiger partial charge in [-0.25, -0.2) is 9.59 Å². The Labute approximate surface area is 167 Å². The first kappa shape index (κ1) is 18.8. The highest BCUT2D eigenvalue weighted by Crippen LogP contribution is 2.37. The fraction of sp³-hybridized carbons (Fsp3) is 0.217. The molecule has 1 atom stereocenters. The Hall–Kier alpha value is -3.54. The summed E-state index contributed by atoms with van der Waals surface area (Å²) in [5, 5.41) is 10.1. The number of fused-ring (bicyclic) bond motifs is 2.